The first-order valence-electron chi connectivity index (χ1n) is 11.5. The van der Waals surface area contributed by atoms with E-state index < -0.39 is 0 Å². The normalized spacial score (nSPS) is 11.5. The lowest BCUT2D eigenvalue weighted by molar-refractivity contribution is 1.31. The molecule has 0 radical (unpaired) electrons. The van der Waals surface area contributed by atoms with Crippen molar-refractivity contribution in [2.75, 3.05) is 0 Å². The Morgan fingerprint density at radius 3 is 1.71 bits per heavy atom. The summed E-state index contributed by atoms with van der Waals surface area (Å²) in [5, 5.41) is 7.22. The molecule has 0 N–H and O–H groups in total. The summed E-state index contributed by atoms with van der Waals surface area (Å²) in [4.78, 5) is 9.99. The minimum absolute atomic E-state index is 0.887. The van der Waals surface area contributed by atoms with Crippen LogP contribution in [0.15, 0.2) is 121 Å². The molecule has 0 aliphatic rings. The van der Waals surface area contributed by atoms with Crippen LogP contribution in [0, 0.1) is 0 Å². The molecule has 7 aromatic rings. The standard InChI is InChI=1S/C32H20N2/c1-2-8-24-19-25(18-15-21(24)7-1)22-13-16-23(17-14-22)30-20-33-31-28-11-5-3-9-26(28)27-10-4-6-12-29(27)32(31)34-30/h1-20H. The summed E-state index contributed by atoms with van der Waals surface area (Å²) in [5.74, 6) is 0. The second-order valence-electron chi connectivity index (χ2n) is 8.68. The molecule has 0 amide bonds. The fraction of sp³-hybridized carbons (Fsp3) is 0. The average Bonchev–Trinajstić information content (AvgIpc) is 2.93. The Labute approximate surface area is 197 Å². The van der Waals surface area contributed by atoms with E-state index in [0.717, 1.165) is 33.1 Å². The zero-order chi connectivity index (χ0) is 22.5. The molecule has 0 aliphatic carbocycles. The van der Waals surface area contributed by atoms with Crippen LogP contribution >= 0.6 is 0 Å². The Bertz CT molecular complexity index is 1810. The molecule has 34 heavy (non-hydrogen) atoms. The Balaban J connectivity index is 1.36. The molecule has 158 valence electrons. The molecule has 0 aliphatic heterocycles. The highest BCUT2D eigenvalue weighted by molar-refractivity contribution is 6.23. The van der Waals surface area contributed by atoms with Crippen molar-refractivity contribution >= 4 is 43.4 Å². The highest BCUT2D eigenvalue weighted by atomic mass is 14.8. The smallest absolute Gasteiger partial charge is 0.0979 e. The summed E-state index contributed by atoms with van der Waals surface area (Å²) < 4.78 is 0. The number of nitrogens with zero attached hydrogens (tertiary/aromatic N) is 2. The van der Waals surface area contributed by atoms with E-state index in [1.807, 2.05) is 6.20 Å². The van der Waals surface area contributed by atoms with Gasteiger partial charge in [-0.2, -0.15) is 0 Å². The van der Waals surface area contributed by atoms with Gasteiger partial charge < -0.3 is 0 Å². The van der Waals surface area contributed by atoms with Crippen LogP contribution in [0.5, 0.6) is 0 Å². The third-order valence-electron chi connectivity index (χ3n) is 6.69. The molecule has 2 heteroatoms. The maximum absolute atomic E-state index is 5.10. The lowest BCUT2D eigenvalue weighted by atomic mass is 9.98. The molecule has 0 spiro atoms. The van der Waals surface area contributed by atoms with Crippen LogP contribution in [0.3, 0.4) is 0 Å². The number of hydrogen-bond acceptors (Lipinski definition) is 2. The van der Waals surface area contributed by atoms with Gasteiger partial charge in [-0.1, -0.05) is 109 Å². The fourth-order valence-electron chi connectivity index (χ4n) is 4.96. The van der Waals surface area contributed by atoms with E-state index in [4.69, 9.17) is 9.97 Å². The Morgan fingerprint density at radius 1 is 0.412 bits per heavy atom. The van der Waals surface area contributed by atoms with Gasteiger partial charge in [0, 0.05) is 16.3 Å². The summed E-state index contributed by atoms with van der Waals surface area (Å²) in [7, 11) is 0. The van der Waals surface area contributed by atoms with Crippen molar-refractivity contribution < 1.29 is 0 Å². The van der Waals surface area contributed by atoms with Crippen molar-refractivity contribution in [1.29, 1.82) is 0 Å². The first-order valence-corrected chi connectivity index (χ1v) is 11.5. The number of fused-ring (bicyclic) bond motifs is 7. The molecule has 0 saturated heterocycles. The van der Waals surface area contributed by atoms with Crippen LogP contribution < -0.4 is 0 Å². The van der Waals surface area contributed by atoms with Crippen molar-refractivity contribution in [2.24, 2.45) is 0 Å². The lowest BCUT2D eigenvalue weighted by Crippen LogP contribution is -1.92. The summed E-state index contributed by atoms with van der Waals surface area (Å²) >= 11 is 0. The van der Waals surface area contributed by atoms with Crippen LogP contribution in [-0.4, -0.2) is 9.97 Å². The van der Waals surface area contributed by atoms with E-state index in [1.54, 1.807) is 0 Å². The molecule has 0 unspecified atom stereocenters. The van der Waals surface area contributed by atoms with Gasteiger partial charge in [-0.05, 0) is 38.7 Å². The molecule has 0 bridgehead atoms. The molecule has 0 saturated carbocycles. The monoisotopic (exact) mass is 432 g/mol. The van der Waals surface area contributed by atoms with Gasteiger partial charge in [-0.3, -0.25) is 4.98 Å². The topological polar surface area (TPSA) is 25.8 Å². The number of rotatable bonds is 2. The number of hydrogen-bond donors (Lipinski definition) is 0. The van der Waals surface area contributed by atoms with Gasteiger partial charge in [0.25, 0.3) is 0 Å². The molecule has 6 aromatic carbocycles. The molecular weight excluding hydrogens is 412 g/mol. The maximum Gasteiger partial charge on any atom is 0.0979 e. The van der Waals surface area contributed by atoms with Crippen LogP contribution in [0.25, 0.3) is 65.7 Å². The molecular formula is C32H20N2. The van der Waals surface area contributed by atoms with Crippen molar-refractivity contribution in [3.05, 3.63) is 121 Å². The Hall–Kier alpha value is -4.56. The largest absolute Gasteiger partial charge is 0.252 e. The molecule has 0 atom stereocenters. The van der Waals surface area contributed by atoms with Gasteiger partial charge in [0.15, 0.2) is 0 Å². The third kappa shape index (κ3) is 2.96. The third-order valence-corrected chi connectivity index (χ3v) is 6.69. The summed E-state index contributed by atoms with van der Waals surface area (Å²) in [6.07, 6.45) is 1.90. The lowest BCUT2D eigenvalue weighted by Gasteiger charge is -2.10. The van der Waals surface area contributed by atoms with Gasteiger partial charge in [0.1, 0.15) is 0 Å². The zero-order valence-corrected chi connectivity index (χ0v) is 18.4. The first kappa shape index (κ1) is 19.0. The second kappa shape index (κ2) is 7.50. The summed E-state index contributed by atoms with van der Waals surface area (Å²) in [6.45, 7) is 0. The minimum Gasteiger partial charge on any atom is -0.252 e. The van der Waals surface area contributed by atoms with Crippen molar-refractivity contribution in [3.8, 4) is 22.4 Å². The highest BCUT2D eigenvalue weighted by Crippen LogP contribution is 2.34. The number of benzene rings is 6. The molecule has 1 aromatic heterocycles. The van der Waals surface area contributed by atoms with Crippen molar-refractivity contribution in [2.45, 2.75) is 0 Å². The molecule has 0 fully saturated rings. The van der Waals surface area contributed by atoms with Gasteiger partial charge in [-0.15, -0.1) is 0 Å². The molecule has 2 nitrogen and oxygen atoms in total. The first-order chi connectivity index (χ1) is 16.8. The quantitative estimate of drug-likeness (QED) is 0.256. The summed E-state index contributed by atoms with van der Waals surface area (Å²) in [5.41, 5.74) is 6.26. The Kier molecular flexibility index (Phi) is 4.18. The van der Waals surface area contributed by atoms with Crippen LogP contribution in [0.2, 0.25) is 0 Å². The zero-order valence-electron chi connectivity index (χ0n) is 18.4. The Morgan fingerprint density at radius 2 is 0.971 bits per heavy atom. The minimum atomic E-state index is 0.887. The SMILES string of the molecule is c1ccc2cc(-c3ccc(-c4cnc5c6ccccc6c6ccccc6c5n4)cc3)ccc2c1. The second-order valence-corrected chi connectivity index (χ2v) is 8.68. The summed E-state index contributed by atoms with van der Waals surface area (Å²) in [6, 6.07) is 40.6. The van der Waals surface area contributed by atoms with Gasteiger partial charge in [0.05, 0.1) is 22.9 Å². The van der Waals surface area contributed by atoms with E-state index in [0.29, 0.717) is 0 Å². The fourth-order valence-corrected chi connectivity index (χ4v) is 4.96. The van der Waals surface area contributed by atoms with E-state index in [-0.39, 0.29) is 0 Å². The maximum atomic E-state index is 5.10. The van der Waals surface area contributed by atoms with E-state index in [1.165, 1.54) is 32.7 Å². The van der Waals surface area contributed by atoms with E-state index in [2.05, 4.69) is 115 Å². The highest BCUT2D eigenvalue weighted by Gasteiger charge is 2.12. The predicted octanol–water partition coefficient (Wildman–Crippen LogP) is 8.42. The van der Waals surface area contributed by atoms with Crippen LogP contribution in [0.4, 0.5) is 0 Å². The average molecular weight is 433 g/mol. The van der Waals surface area contributed by atoms with E-state index >= 15 is 0 Å². The van der Waals surface area contributed by atoms with Crippen molar-refractivity contribution in [1.82, 2.24) is 9.97 Å². The van der Waals surface area contributed by atoms with Gasteiger partial charge in [-0.25, -0.2) is 4.98 Å². The van der Waals surface area contributed by atoms with Gasteiger partial charge in [0.2, 0.25) is 0 Å². The molecule has 1 heterocycles. The van der Waals surface area contributed by atoms with Gasteiger partial charge >= 0.3 is 0 Å². The predicted molar refractivity (Wildman–Crippen MR) is 143 cm³/mol. The van der Waals surface area contributed by atoms with E-state index in [9.17, 15) is 0 Å². The van der Waals surface area contributed by atoms with Crippen molar-refractivity contribution in [3.63, 3.8) is 0 Å². The van der Waals surface area contributed by atoms with Crippen LogP contribution in [-0.2, 0) is 0 Å². The van der Waals surface area contributed by atoms with Crippen LogP contribution in [0.1, 0.15) is 0 Å². The molecule has 7 rings (SSSR count). The number of aromatic nitrogens is 2.